The first-order valence-electron chi connectivity index (χ1n) is 6.22. The molecule has 1 unspecified atom stereocenters. The molecule has 0 heterocycles. The maximum absolute atomic E-state index is 6.09. The van der Waals surface area contributed by atoms with Gasteiger partial charge in [-0.2, -0.15) is 0 Å². The van der Waals surface area contributed by atoms with Crippen molar-refractivity contribution in [2.24, 2.45) is 11.5 Å². The Labute approximate surface area is 128 Å². The SMILES string of the molecule is NCC(N)c1ccc(OCc2ccc(Cl)cc2Cl)cc1. The lowest BCUT2D eigenvalue weighted by Gasteiger charge is -2.11. The number of ether oxygens (including phenoxy) is 1. The molecule has 2 aromatic rings. The third-order valence-corrected chi connectivity index (χ3v) is 3.56. The van der Waals surface area contributed by atoms with E-state index >= 15 is 0 Å². The molecule has 0 aliphatic rings. The van der Waals surface area contributed by atoms with Gasteiger partial charge in [0.2, 0.25) is 0 Å². The van der Waals surface area contributed by atoms with Crippen molar-refractivity contribution in [2.75, 3.05) is 6.54 Å². The molecule has 20 heavy (non-hydrogen) atoms. The van der Waals surface area contributed by atoms with Crippen molar-refractivity contribution < 1.29 is 4.74 Å². The van der Waals surface area contributed by atoms with Gasteiger partial charge in [0.1, 0.15) is 12.4 Å². The first-order chi connectivity index (χ1) is 9.60. The van der Waals surface area contributed by atoms with Crippen molar-refractivity contribution >= 4 is 23.2 Å². The van der Waals surface area contributed by atoms with E-state index in [4.69, 9.17) is 39.4 Å². The Bertz CT molecular complexity index is 573. The van der Waals surface area contributed by atoms with Crippen molar-refractivity contribution in [1.29, 1.82) is 0 Å². The van der Waals surface area contributed by atoms with Gasteiger partial charge in [-0.05, 0) is 29.8 Å². The van der Waals surface area contributed by atoms with Gasteiger partial charge in [0, 0.05) is 28.2 Å². The molecule has 3 nitrogen and oxygen atoms in total. The fraction of sp³-hybridized carbons (Fsp3) is 0.200. The summed E-state index contributed by atoms with van der Waals surface area (Å²) < 4.78 is 5.68. The van der Waals surface area contributed by atoms with Crippen LogP contribution in [-0.2, 0) is 6.61 Å². The van der Waals surface area contributed by atoms with Gasteiger partial charge in [-0.1, -0.05) is 41.4 Å². The molecular formula is C15H16Cl2N2O. The Morgan fingerprint density at radius 1 is 1.05 bits per heavy atom. The van der Waals surface area contributed by atoms with E-state index < -0.39 is 0 Å². The van der Waals surface area contributed by atoms with Crippen LogP contribution in [0.5, 0.6) is 5.75 Å². The summed E-state index contributed by atoms with van der Waals surface area (Å²) in [5, 5.41) is 1.21. The number of hydrogen-bond donors (Lipinski definition) is 2. The summed E-state index contributed by atoms with van der Waals surface area (Å²) in [4.78, 5) is 0. The molecule has 2 rings (SSSR count). The van der Waals surface area contributed by atoms with Crippen LogP contribution in [0.2, 0.25) is 10.0 Å². The van der Waals surface area contributed by atoms with E-state index in [-0.39, 0.29) is 6.04 Å². The second kappa shape index (κ2) is 6.95. The molecule has 0 aromatic heterocycles. The Morgan fingerprint density at radius 3 is 2.35 bits per heavy atom. The zero-order chi connectivity index (χ0) is 14.5. The van der Waals surface area contributed by atoms with E-state index in [0.717, 1.165) is 16.9 Å². The molecule has 0 aliphatic heterocycles. The molecule has 4 N–H and O–H groups in total. The Kier molecular flexibility index (Phi) is 5.26. The van der Waals surface area contributed by atoms with Crippen LogP contribution in [-0.4, -0.2) is 6.54 Å². The molecule has 0 radical (unpaired) electrons. The average molecular weight is 311 g/mol. The van der Waals surface area contributed by atoms with Gasteiger partial charge in [0.05, 0.1) is 0 Å². The molecule has 0 saturated carbocycles. The summed E-state index contributed by atoms with van der Waals surface area (Å²) in [6.45, 7) is 0.804. The van der Waals surface area contributed by atoms with Crippen molar-refractivity contribution in [3.63, 3.8) is 0 Å². The highest BCUT2D eigenvalue weighted by molar-refractivity contribution is 6.35. The lowest BCUT2D eigenvalue weighted by molar-refractivity contribution is 0.306. The zero-order valence-corrected chi connectivity index (χ0v) is 12.4. The molecule has 0 amide bonds. The van der Waals surface area contributed by atoms with E-state index in [2.05, 4.69) is 0 Å². The highest BCUT2D eigenvalue weighted by atomic mass is 35.5. The molecule has 0 saturated heterocycles. The zero-order valence-electron chi connectivity index (χ0n) is 10.9. The molecule has 0 fully saturated rings. The minimum absolute atomic E-state index is 0.144. The Hall–Kier alpha value is -1.26. The second-order valence-corrected chi connectivity index (χ2v) is 5.28. The lowest BCUT2D eigenvalue weighted by atomic mass is 10.1. The van der Waals surface area contributed by atoms with E-state index in [0.29, 0.717) is 23.2 Å². The van der Waals surface area contributed by atoms with Gasteiger partial charge in [-0.3, -0.25) is 0 Å². The first kappa shape index (κ1) is 15.1. The van der Waals surface area contributed by atoms with Crippen molar-refractivity contribution in [3.8, 4) is 5.75 Å². The maximum atomic E-state index is 6.09. The molecule has 2 aromatic carbocycles. The number of benzene rings is 2. The largest absolute Gasteiger partial charge is 0.489 e. The normalized spacial score (nSPS) is 12.2. The number of halogens is 2. The summed E-state index contributed by atoms with van der Waals surface area (Å²) in [5.41, 5.74) is 13.2. The van der Waals surface area contributed by atoms with E-state index in [1.165, 1.54) is 0 Å². The number of rotatable bonds is 5. The summed E-state index contributed by atoms with van der Waals surface area (Å²) in [6, 6.07) is 12.8. The summed E-state index contributed by atoms with van der Waals surface area (Å²) in [7, 11) is 0. The minimum Gasteiger partial charge on any atom is -0.489 e. The van der Waals surface area contributed by atoms with E-state index in [1.807, 2.05) is 30.3 Å². The van der Waals surface area contributed by atoms with Gasteiger partial charge >= 0.3 is 0 Å². The minimum atomic E-state index is -0.144. The third kappa shape index (κ3) is 3.87. The smallest absolute Gasteiger partial charge is 0.119 e. The highest BCUT2D eigenvalue weighted by Gasteiger charge is 2.05. The molecular weight excluding hydrogens is 295 g/mol. The summed E-state index contributed by atoms with van der Waals surface area (Å²) >= 11 is 11.9. The molecule has 0 bridgehead atoms. The van der Waals surface area contributed by atoms with Crippen molar-refractivity contribution in [1.82, 2.24) is 0 Å². The van der Waals surface area contributed by atoms with E-state index in [1.54, 1.807) is 12.1 Å². The van der Waals surface area contributed by atoms with E-state index in [9.17, 15) is 0 Å². The summed E-state index contributed by atoms with van der Waals surface area (Å²) in [5.74, 6) is 0.754. The molecule has 0 aliphatic carbocycles. The topological polar surface area (TPSA) is 61.3 Å². The van der Waals surface area contributed by atoms with Crippen LogP contribution in [0.1, 0.15) is 17.2 Å². The van der Waals surface area contributed by atoms with Crippen LogP contribution in [0.4, 0.5) is 0 Å². The van der Waals surface area contributed by atoms with Gasteiger partial charge in [-0.25, -0.2) is 0 Å². The lowest BCUT2D eigenvalue weighted by Crippen LogP contribution is -2.20. The second-order valence-electron chi connectivity index (χ2n) is 4.44. The van der Waals surface area contributed by atoms with Crippen LogP contribution in [0.25, 0.3) is 0 Å². The highest BCUT2D eigenvalue weighted by Crippen LogP contribution is 2.23. The van der Waals surface area contributed by atoms with Crippen LogP contribution in [0.15, 0.2) is 42.5 Å². The first-order valence-corrected chi connectivity index (χ1v) is 6.98. The van der Waals surface area contributed by atoms with Gasteiger partial charge in [0.15, 0.2) is 0 Å². The van der Waals surface area contributed by atoms with Crippen molar-refractivity contribution in [2.45, 2.75) is 12.6 Å². The number of nitrogens with two attached hydrogens (primary N) is 2. The fourth-order valence-corrected chi connectivity index (χ4v) is 2.21. The summed E-state index contributed by atoms with van der Waals surface area (Å²) in [6.07, 6.45) is 0. The van der Waals surface area contributed by atoms with Gasteiger partial charge in [-0.15, -0.1) is 0 Å². The van der Waals surface area contributed by atoms with Crippen LogP contribution in [0.3, 0.4) is 0 Å². The van der Waals surface area contributed by atoms with Crippen LogP contribution < -0.4 is 16.2 Å². The molecule has 0 spiro atoms. The standard InChI is InChI=1S/C15H16Cl2N2O/c16-12-4-1-11(14(17)7-12)9-20-13-5-2-10(3-6-13)15(19)8-18/h1-7,15H,8-9,18-19H2. The molecule has 106 valence electrons. The average Bonchev–Trinajstić information content (AvgIpc) is 2.46. The van der Waals surface area contributed by atoms with Crippen LogP contribution in [0, 0.1) is 0 Å². The third-order valence-electron chi connectivity index (χ3n) is 2.97. The predicted octanol–water partition coefficient (Wildman–Crippen LogP) is 3.53. The van der Waals surface area contributed by atoms with Crippen molar-refractivity contribution in [3.05, 3.63) is 63.6 Å². The van der Waals surface area contributed by atoms with Gasteiger partial charge < -0.3 is 16.2 Å². The monoisotopic (exact) mass is 310 g/mol. The maximum Gasteiger partial charge on any atom is 0.119 e. The Balaban J connectivity index is 2.00. The molecule has 1 atom stereocenters. The fourth-order valence-electron chi connectivity index (χ4n) is 1.75. The predicted molar refractivity (Wildman–Crippen MR) is 83.2 cm³/mol. The van der Waals surface area contributed by atoms with Crippen LogP contribution >= 0.6 is 23.2 Å². The molecule has 5 heteroatoms. The number of hydrogen-bond acceptors (Lipinski definition) is 3. The Morgan fingerprint density at radius 2 is 1.75 bits per heavy atom. The van der Waals surface area contributed by atoms with Gasteiger partial charge in [0.25, 0.3) is 0 Å². The quantitative estimate of drug-likeness (QED) is 0.888.